The molecule has 0 aliphatic carbocycles. The van der Waals surface area contributed by atoms with Crippen molar-refractivity contribution in [1.29, 1.82) is 0 Å². The van der Waals surface area contributed by atoms with Gasteiger partial charge in [0.1, 0.15) is 0 Å². The van der Waals surface area contributed by atoms with E-state index in [9.17, 15) is 8.42 Å². The molecule has 0 aromatic heterocycles. The number of ether oxygens (including phenoxy) is 2. The Morgan fingerprint density at radius 3 is 2.72 bits per heavy atom. The fourth-order valence-electron chi connectivity index (χ4n) is 2.85. The highest BCUT2D eigenvalue weighted by Crippen LogP contribution is 2.43. The molecule has 4 rings (SSSR count). The van der Waals surface area contributed by atoms with E-state index in [1.54, 1.807) is 17.8 Å². The van der Waals surface area contributed by atoms with Crippen molar-refractivity contribution in [1.82, 2.24) is 4.31 Å². The predicted octanol–water partition coefficient (Wildman–Crippen LogP) is 3.46. The van der Waals surface area contributed by atoms with Crippen LogP contribution in [0.25, 0.3) is 6.08 Å². The summed E-state index contributed by atoms with van der Waals surface area (Å²) in [6.07, 6.45) is 1.63. The molecule has 0 bridgehead atoms. The maximum Gasteiger partial charge on any atom is 0.237 e. The van der Waals surface area contributed by atoms with Crippen LogP contribution in [-0.2, 0) is 10.0 Å². The van der Waals surface area contributed by atoms with Gasteiger partial charge in [-0.15, -0.1) is 11.8 Å². The number of rotatable bonds is 4. The summed E-state index contributed by atoms with van der Waals surface area (Å²) in [4.78, 5) is 0. The molecule has 1 fully saturated rings. The van der Waals surface area contributed by atoms with Crippen molar-refractivity contribution in [3.63, 3.8) is 0 Å². The summed E-state index contributed by atoms with van der Waals surface area (Å²) < 4.78 is 37.9. The van der Waals surface area contributed by atoms with Gasteiger partial charge in [-0.05, 0) is 29.3 Å². The number of sulfonamides is 1. The lowest BCUT2D eigenvalue weighted by atomic mass is 10.2. The third kappa shape index (κ3) is 3.40. The van der Waals surface area contributed by atoms with Crippen molar-refractivity contribution in [3.05, 3.63) is 65.1 Å². The molecule has 25 heavy (non-hydrogen) atoms. The maximum absolute atomic E-state index is 12.8. The Hall–Kier alpha value is -1.96. The van der Waals surface area contributed by atoms with Crippen LogP contribution in [0.4, 0.5) is 0 Å². The Kier molecular flexibility index (Phi) is 4.45. The van der Waals surface area contributed by atoms with Crippen molar-refractivity contribution in [3.8, 4) is 11.5 Å². The van der Waals surface area contributed by atoms with Gasteiger partial charge in [0.15, 0.2) is 11.5 Å². The first-order valence-corrected chi connectivity index (χ1v) is 10.4. The first-order chi connectivity index (χ1) is 12.1. The summed E-state index contributed by atoms with van der Waals surface area (Å²) >= 11 is 1.61. The molecule has 0 saturated carbocycles. The number of hydrogen-bond acceptors (Lipinski definition) is 5. The molecule has 0 amide bonds. The number of benzene rings is 2. The average Bonchev–Trinajstić information content (AvgIpc) is 3.29. The fraction of sp³-hybridized carbons (Fsp3) is 0.222. The van der Waals surface area contributed by atoms with Crippen LogP contribution in [-0.4, -0.2) is 31.8 Å². The molecule has 0 N–H and O–H groups in total. The molecule has 0 radical (unpaired) electrons. The van der Waals surface area contributed by atoms with Crippen LogP contribution in [0.1, 0.15) is 16.5 Å². The van der Waals surface area contributed by atoms with Crippen molar-refractivity contribution >= 4 is 27.9 Å². The second kappa shape index (κ2) is 6.74. The summed E-state index contributed by atoms with van der Waals surface area (Å²) in [5.74, 6) is 2.13. The minimum Gasteiger partial charge on any atom is -0.454 e. The molecule has 2 heterocycles. The van der Waals surface area contributed by atoms with Gasteiger partial charge in [0, 0.05) is 17.7 Å². The monoisotopic (exact) mass is 375 g/mol. The first kappa shape index (κ1) is 16.5. The largest absolute Gasteiger partial charge is 0.454 e. The Bertz CT molecular complexity index is 897. The third-order valence-corrected chi connectivity index (χ3v) is 7.01. The Morgan fingerprint density at radius 2 is 1.88 bits per heavy atom. The topological polar surface area (TPSA) is 55.8 Å². The molecule has 2 aromatic carbocycles. The van der Waals surface area contributed by atoms with Gasteiger partial charge in [-0.2, -0.15) is 4.31 Å². The second-order valence-corrected chi connectivity index (χ2v) is 8.66. The number of hydrogen-bond donors (Lipinski definition) is 0. The molecule has 7 heteroatoms. The van der Waals surface area contributed by atoms with Gasteiger partial charge in [-0.1, -0.05) is 36.4 Å². The van der Waals surface area contributed by atoms with Gasteiger partial charge in [0.2, 0.25) is 16.8 Å². The maximum atomic E-state index is 12.8. The highest BCUT2D eigenvalue weighted by molar-refractivity contribution is 8.01. The predicted molar refractivity (Wildman–Crippen MR) is 98.9 cm³/mol. The fourth-order valence-corrected chi connectivity index (χ4v) is 5.87. The van der Waals surface area contributed by atoms with Crippen LogP contribution in [0.2, 0.25) is 0 Å². The van der Waals surface area contributed by atoms with E-state index in [1.165, 1.54) is 9.71 Å². The van der Waals surface area contributed by atoms with Crippen molar-refractivity contribution < 1.29 is 17.9 Å². The Morgan fingerprint density at radius 1 is 1.08 bits per heavy atom. The minimum atomic E-state index is -3.51. The standard InChI is InChI=1S/C18H17NO4S2/c20-25(21,11-8-14-4-2-1-3-5-14)19-9-10-24-18(19)15-6-7-16-17(12-15)23-13-22-16/h1-8,11-12,18H,9-10,13H2/b11-8+/t18-/m1/s1. The number of nitrogens with zero attached hydrogens (tertiary/aromatic N) is 1. The van der Waals surface area contributed by atoms with Crippen LogP contribution in [0.3, 0.4) is 0 Å². The smallest absolute Gasteiger partial charge is 0.237 e. The SMILES string of the molecule is O=S(=O)(/C=C/c1ccccc1)N1CCS[C@@H]1c1ccc2c(c1)OCO2. The van der Waals surface area contributed by atoms with E-state index in [2.05, 4.69) is 0 Å². The van der Waals surface area contributed by atoms with Crippen molar-refractivity contribution in [2.24, 2.45) is 0 Å². The van der Waals surface area contributed by atoms with Crippen molar-refractivity contribution in [2.45, 2.75) is 5.37 Å². The molecule has 130 valence electrons. The van der Waals surface area contributed by atoms with Gasteiger partial charge in [0.25, 0.3) is 0 Å². The van der Waals surface area contributed by atoms with Gasteiger partial charge >= 0.3 is 0 Å². The van der Waals surface area contributed by atoms with Gasteiger partial charge in [-0.25, -0.2) is 8.42 Å². The molecule has 2 aliphatic heterocycles. The summed E-state index contributed by atoms with van der Waals surface area (Å²) in [6, 6.07) is 15.0. The molecule has 1 saturated heterocycles. The van der Waals surface area contributed by atoms with Crippen LogP contribution >= 0.6 is 11.8 Å². The third-order valence-electron chi connectivity index (χ3n) is 4.09. The molecule has 2 aliphatic rings. The molecule has 2 aromatic rings. The van der Waals surface area contributed by atoms with E-state index in [1.807, 2.05) is 48.5 Å². The minimum absolute atomic E-state index is 0.207. The molecular formula is C18H17NO4S2. The molecular weight excluding hydrogens is 358 g/mol. The van der Waals surface area contributed by atoms with Crippen LogP contribution in [0, 0.1) is 0 Å². The first-order valence-electron chi connectivity index (χ1n) is 7.90. The van der Waals surface area contributed by atoms with Crippen LogP contribution in [0.5, 0.6) is 11.5 Å². The molecule has 5 nitrogen and oxygen atoms in total. The zero-order valence-electron chi connectivity index (χ0n) is 13.4. The Balaban J connectivity index is 1.59. The van der Waals surface area contributed by atoms with E-state index in [0.717, 1.165) is 16.9 Å². The zero-order valence-corrected chi connectivity index (χ0v) is 15.0. The van der Waals surface area contributed by atoms with Gasteiger partial charge < -0.3 is 9.47 Å². The van der Waals surface area contributed by atoms with E-state index < -0.39 is 10.0 Å². The van der Waals surface area contributed by atoms with E-state index >= 15 is 0 Å². The normalized spacial score (nSPS) is 20.4. The highest BCUT2D eigenvalue weighted by Gasteiger charge is 2.35. The van der Waals surface area contributed by atoms with E-state index in [4.69, 9.17) is 9.47 Å². The summed E-state index contributed by atoms with van der Waals surface area (Å²) in [5, 5.41) is 1.04. The summed E-state index contributed by atoms with van der Waals surface area (Å²) in [6.45, 7) is 0.698. The quantitative estimate of drug-likeness (QED) is 0.819. The lowest BCUT2D eigenvalue weighted by Gasteiger charge is -2.22. The molecule has 0 spiro atoms. The van der Waals surface area contributed by atoms with E-state index in [0.29, 0.717) is 18.0 Å². The average molecular weight is 375 g/mol. The Labute approximate surface area is 151 Å². The van der Waals surface area contributed by atoms with Crippen molar-refractivity contribution in [2.75, 3.05) is 19.1 Å². The number of fused-ring (bicyclic) bond motifs is 1. The highest BCUT2D eigenvalue weighted by atomic mass is 32.2. The summed E-state index contributed by atoms with van der Waals surface area (Å²) in [5.41, 5.74) is 1.76. The lowest BCUT2D eigenvalue weighted by Crippen LogP contribution is -2.28. The zero-order chi connectivity index (χ0) is 17.3. The second-order valence-electron chi connectivity index (χ2n) is 5.70. The van der Waals surface area contributed by atoms with E-state index in [-0.39, 0.29) is 12.2 Å². The van der Waals surface area contributed by atoms with Crippen LogP contribution in [0.15, 0.2) is 53.9 Å². The molecule has 1 atom stereocenters. The number of thioether (sulfide) groups is 1. The molecule has 0 unspecified atom stereocenters. The van der Waals surface area contributed by atoms with Gasteiger partial charge in [0.05, 0.1) is 5.37 Å². The lowest BCUT2D eigenvalue weighted by molar-refractivity contribution is 0.174. The van der Waals surface area contributed by atoms with Crippen LogP contribution < -0.4 is 9.47 Å². The van der Waals surface area contributed by atoms with Gasteiger partial charge in [-0.3, -0.25) is 0 Å². The summed E-state index contributed by atoms with van der Waals surface area (Å²) in [7, 11) is -3.51.